The zero-order valence-corrected chi connectivity index (χ0v) is 24.9. The maximum absolute atomic E-state index is 13.3. The van der Waals surface area contributed by atoms with E-state index >= 15 is 0 Å². The fourth-order valence-electron chi connectivity index (χ4n) is 4.32. The number of carbonyl (C=O) groups is 5. The maximum atomic E-state index is 13.3. The van der Waals surface area contributed by atoms with Gasteiger partial charge in [-0.2, -0.15) is 0 Å². The van der Waals surface area contributed by atoms with E-state index in [4.69, 9.17) is 0 Å². The van der Waals surface area contributed by atoms with Crippen LogP contribution in [0.3, 0.4) is 0 Å². The van der Waals surface area contributed by atoms with Crippen LogP contribution in [-0.2, 0) is 24.0 Å². The summed E-state index contributed by atoms with van der Waals surface area (Å²) in [6.45, 7) is 12.0. The van der Waals surface area contributed by atoms with E-state index in [0.717, 1.165) is 12.8 Å². The predicted octanol–water partition coefficient (Wildman–Crippen LogP) is 0.682. The largest absolute Gasteiger partial charge is 0.350 e. The normalized spacial score (nSPS) is 16.4. The fourth-order valence-corrected chi connectivity index (χ4v) is 4.32. The summed E-state index contributed by atoms with van der Waals surface area (Å²) < 4.78 is 0. The van der Waals surface area contributed by atoms with Crippen molar-refractivity contribution in [3.8, 4) is 0 Å². The molecule has 2 N–H and O–H groups in total. The lowest BCUT2D eigenvalue weighted by atomic mass is 10.0. The molecule has 1 fully saturated rings. The molecule has 1 heterocycles. The lowest BCUT2D eigenvalue weighted by molar-refractivity contribution is -0.146. The van der Waals surface area contributed by atoms with Crippen LogP contribution in [0.15, 0.2) is 0 Å². The van der Waals surface area contributed by atoms with Crippen LogP contribution in [0.1, 0.15) is 67.2 Å². The predicted molar refractivity (Wildman–Crippen MR) is 147 cm³/mol. The number of hydrogen-bond acceptors (Lipinski definition) is 6. The Balaban J connectivity index is 2.91. The van der Waals surface area contributed by atoms with Crippen molar-refractivity contribution in [2.75, 3.05) is 53.9 Å². The molecule has 0 aromatic rings. The lowest BCUT2D eigenvalue weighted by Crippen LogP contribution is -2.55. The van der Waals surface area contributed by atoms with Gasteiger partial charge in [0, 0.05) is 25.7 Å². The van der Waals surface area contributed by atoms with Crippen molar-refractivity contribution in [1.29, 1.82) is 0 Å². The summed E-state index contributed by atoms with van der Waals surface area (Å²) in [6.07, 6.45) is 2.86. The van der Waals surface area contributed by atoms with Crippen molar-refractivity contribution < 1.29 is 24.0 Å². The van der Waals surface area contributed by atoms with Crippen molar-refractivity contribution in [3.05, 3.63) is 0 Å². The standard InChI is InChI=1S/C27H50N6O5/c1-10-11-14-32(18-23(36)33-15-12-13-20(33)25(37)29-27(4,5)6)22(35)17-31(9)26(38)24(19(2)3)28-21(34)16-30(7)8/h19-20,24H,10-18H2,1-9H3,(H,28,34)(H,29,37). The highest BCUT2D eigenvalue weighted by Crippen LogP contribution is 2.19. The molecule has 0 bridgehead atoms. The van der Waals surface area contributed by atoms with Crippen molar-refractivity contribution in [2.24, 2.45) is 5.92 Å². The molecule has 5 amide bonds. The number of nitrogens with one attached hydrogen (secondary N) is 2. The summed E-state index contributed by atoms with van der Waals surface area (Å²) in [5.74, 6) is -1.61. The molecule has 1 aliphatic heterocycles. The molecule has 11 heteroatoms. The van der Waals surface area contributed by atoms with Gasteiger partial charge in [-0.15, -0.1) is 0 Å². The van der Waals surface area contributed by atoms with Gasteiger partial charge in [0.15, 0.2) is 0 Å². The Morgan fingerprint density at radius 2 is 1.63 bits per heavy atom. The van der Waals surface area contributed by atoms with Gasteiger partial charge in [0.2, 0.25) is 29.5 Å². The van der Waals surface area contributed by atoms with Crippen LogP contribution in [0, 0.1) is 5.92 Å². The second-order valence-electron chi connectivity index (χ2n) is 11.9. The number of amides is 5. The molecule has 0 saturated carbocycles. The first-order valence-electron chi connectivity index (χ1n) is 13.7. The van der Waals surface area contributed by atoms with E-state index in [1.165, 1.54) is 16.8 Å². The Kier molecular flexibility index (Phi) is 13.2. The van der Waals surface area contributed by atoms with Gasteiger partial charge in [-0.25, -0.2) is 0 Å². The summed E-state index contributed by atoms with van der Waals surface area (Å²) in [5.41, 5.74) is -0.408. The number of rotatable bonds is 13. The molecule has 1 saturated heterocycles. The molecule has 0 aromatic heterocycles. The van der Waals surface area contributed by atoms with E-state index in [1.807, 2.05) is 41.5 Å². The van der Waals surface area contributed by atoms with Crippen molar-refractivity contribution in [1.82, 2.24) is 30.2 Å². The van der Waals surface area contributed by atoms with Crippen LogP contribution in [0.5, 0.6) is 0 Å². The van der Waals surface area contributed by atoms with Crippen LogP contribution >= 0.6 is 0 Å². The average molecular weight is 539 g/mol. The van der Waals surface area contributed by atoms with Gasteiger partial charge in [0.25, 0.3) is 0 Å². The van der Waals surface area contributed by atoms with Crippen LogP contribution in [0.4, 0.5) is 0 Å². The van der Waals surface area contributed by atoms with Gasteiger partial charge >= 0.3 is 0 Å². The minimum absolute atomic E-state index is 0.145. The molecule has 2 unspecified atom stereocenters. The van der Waals surface area contributed by atoms with Crippen molar-refractivity contribution >= 4 is 29.5 Å². The topological polar surface area (TPSA) is 122 Å². The minimum atomic E-state index is -0.766. The number of likely N-dealkylation sites (tertiary alicyclic amines) is 1. The van der Waals surface area contributed by atoms with E-state index in [-0.39, 0.29) is 55.1 Å². The highest BCUT2D eigenvalue weighted by molar-refractivity contribution is 5.93. The molecular weight excluding hydrogens is 488 g/mol. The third-order valence-electron chi connectivity index (χ3n) is 6.29. The molecule has 218 valence electrons. The molecule has 0 aliphatic carbocycles. The first-order valence-corrected chi connectivity index (χ1v) is 13.7. The molecule has 2 atom stereocenters. The van der Waals surface area contributed by atoms with Gasteiger partial charge in [-0.3, -0.25) is 24.0 Å². The molecule has 11 nitrogen and oxygen atoms in total. The Morgan fingerprint density at radius 3 is 2.16 bits per heavy atom. The second-order valence-corrected chi connectivity index (χ2v) is 11.9. The van der Waals surface area contributed by atoms with E-state index in [1.54, 1.807) is 23.9 Å². The van der Waals surface area contributed by atoms with E-state index < -0.39 is 17.6 Å². The molecule has 1 aliphatic rings. The third kappa shape index (κ3) is 11.0. The van der Waals surface area contributed by atoms with Gasteiger partial charge in [0.05, 0.1) is 19.6 Å². The summed E-state index contributed by atoms with van der Waals surface area (Å²) in [6, 6.07) is -1.32. The zero-order chi connectivity index (χ0) is 29.2. The summed E-state index contributed by atoms with van der Waals surface area (Å²) in [7, 11) is 5.06. The Bertz CT molecular complexity index is 838. The zero-order valence-electron chi connectivity index (χ0n) is 24.9. The van der Waals surface area contributed by atoms with Crippen LogP contribution in [0.2, 0.25) is 0 Å². The molecule has 0 radical (unpaired) electrons. The third-order valence-corrected chi connectivity index (χ3v) is 6.29. The van der Waals surface area contributed by atoms with E-state index in [2.05, 4.69) is 10.6 Å². The van der Waals surface area contributed by atoms with Gasteiger partial charge in [-0.05, 0) is 60.0 Å². The lowest BCUT2D eigenvalue weighted by Gasteiger charge is -2.32. The Morgan fingerprint density at radius 1 is 1.00 bits per heavy atom. The van der Waals surface area contributed by atoms with Crippen LogP contribution in [-0.4, -0.2) is 121 Å². The van der Waals surface area contributed by atoms with Crippen molar-refractivity contribution in [2.45, 2.75) is 84.8 Å². The van der Waals surface area contributed by atoms with Gasteiger partial charge in [-0.1, -0.05) is 27.2 Å². The summed E-state index contributed by atoms with van der Waals surface area (Å²) in [4.78, 5) is 70.8. The monoisotopic (exact) mass is 538 g/mol. The summed E-state index contributed by atoms with van der Waals surface area (Å²) in [5, 5.41) is 5.72. The first-order chi connectivity index (χ1) is 17.6. The fraction of sp³-hybridized carbons (Fsp3) is 0.815. The molecular formula is C27H50N6O5. The smallest absolute Gasteiger partial charge is 0.245 e. The quantitative estimate of drug-likeness (QED) is 0.356. The number of likely N-dealkylation sites (N-methyl/N-ethyl adjacent to an activating group) is 2. The number of carbonyl (C=O) groups excluding carboxylic acids is 5. The number of hydrogen-bond donors (Lipinski definition) is 2. The Hall–Kier alpha value is -2.69. The first kappa shape index (κ1) is 33.3. The highest BCUT2D eigenvalue weighted by Gasteiger charge is 2.36. The van der Waals surface area contributed by atoms with Crippen molar-refractivity contribution in [3.63, 3.8) is 0 Å². The number of unbranched alkanes of at least 4 members (excludes halogenated alkanes) is 1. The number of nitrogens with zero attached hydrogens (tertiary/aromatic N) is 4. The summed E-state index contributed by atoms with van der Waals surface area (Å²) >= 11 is 0. The van der Waals surface area contributed by atoms with Crippen LogP contribution < -0.4 is 10.6 Å². The molecule has 0 spiro atoms. The second kappa shape index (κ2) is 15.0. The molecule has 38 heavy (non-hydrogen) atoms. The van der Waals surface area contributed by atoms with Crippen LogP contribution in [0.25, 0.3) is 0 Å². The van der Waals surface area contributed by atoms with E-state index in [9.17, 15) is 24.0 Å². The van der Waals surface area contributed by atoms with Gasteiger partial charge in [0.1, 0.15) is 12.1 Å². The van der Waals surface area contributed by atoms with Gasteiger partial charge < -0.3 is 30.2 Å². The molecule has 0 aromatic carbocycles. The average Bonchev–Trinajstić information content (AvgIpc) is 3.28. The van der Waals surface area contributed by atoms with E-state index in [0.29, 0.717) is 25.9 Å². The highest BCUT2D eigenvalue weighted by atomic mass is 16.2. The Labute approximate surface area is 228 Å². The minimum Gasteiger partial charge on any atom is -0.350 e. The SMILES string of the molecule is CCCCN(CC(=O)N1CCCC1C(=O)NC(C)(C)C)C(=O)CN(C)C(=O)C(NC(=O)CN(C)C)C(C)C. The maximum Gasteiger partial charge on any atom is 0.245 e. The molecule has 1 rings (SSSR count).